The fraction of sp³-hybridized carbons (Fsp3) is 0.227. The molecule has 0 spiro atoms. The first-order valence-electron chi connectivity index (χ1n) is 8.88. The van der Waals surface area contributed by atoms with Crippen LogP contribution >= 0.6 is 15.9 Å². The van der Waals surface area contributed by atoms with Crippen LogP contribution in [0, 0.1) is 22.7 Å². The Kier molecular flexibility index (Phi) is 8.91. The normalized spacial score (nSPS) is 10.7. The van der Waals surface area contributed by atoms with Crippen LogP contribution in [0.5, 0.6) is 5.75 Å². The monoisotopic (exact) mass is 453 g/mol. The second kappa shape index (κ2) is 11.7. The molecule has 0 heterocycles. The number of benzene rings is 2. The molecule has 0 aromatic heterocycles. The Bertz CT molecular complexity index is 974. The van der Waals surface area contributed by atoms with Gasteiger partial charge in [-0.3, -0.25) is 4.79 Å². The predicted molar refractivity (Wildman–Crippen MR) is 113 cm³/mol. The van der Waals surface area contributed by atoms with E-state index in [2.05, 4.69) is 27.3 Å². The van der Waals surface area contributed by atoms with Gasteiger partial charge in [-0.25, -0.2) is 0 Å². The second-order valence-electron chi connectivity index (χ2n) is 6.02. The maximum atomic E-state index is 12.1. The molecule has 0 fully saturated rings. The van der Waals surface area contributed by atoms with E-state index in [9.17, 15) is 10.1 Å². The van der Waals surface area contributed by atoms with Gasteiger partial charge in [0, 0.05) is 25.8 Å². The van der Waals surface area contributed by atoms with Crippen molar-refractivity contribution in [1.29, 1.82) is 10.5 Å². The summed E-state index contributed by atoms with van der Waals surface area (Å²) >= 11 is 3.45. The molecule has 0 aliphatic rings. The molecule has 0 saturated heterocycles. The van der Waals surface area contributed by atoms with Crippen molar-refractivity contribution in [3.63, 3.8) is 0 Å². The van der Waals surface area contributed by atoms with Crippen molar-refractivity contribution >= 4 is 27.9 Å². The maximum absolute atomic E-state index is 12.1. The zero-order chi connectivity index (χ0) is 21.1. The van der Waals surface area contributed by atoms with Gasteiger partial charge < -0.3 is 14.8 Å². The Morgan fingerprint density at radius 2 is 2.03 bits per heavy atom. The number of nitrogens with one attached hydrogen (secondary N) is 1. The summed E-state index contributed by atoms with van der Waals surface area (Å²) in [7, 11) is 1.59. The second-order valence-corrected chi connectivity index (χ2v) is 6.87. The highest BCUT2D eigenvalue weighted by Gasteiger charge is 2.10. The third-order valence-corrected chi connectivity index (χ3v) is 4.58. The van der Waals surface area contributed by atoms with Crippen LogP contribution in [-0.4, -0.2) is 26.2 Å². The molecule has 0 atom stereocenters. The third-order valence-electron chi connectivity index (χ3n) is 3.96. The van der Waals surface area contributed by atoms with Crippen molar-refractivity contribution in [2.45, 2.75) is 13.0 Å². The fourth-order valence-corrected chi connectivity index (χ4v) is 2.97. The summed E-state index contributed by atoms with van der Waals surface area (Å²) in [6, 6.07) is 16.6. The number of hydrogen-bond acceptors (Lipinski definition) is 5. The number of carbonyl (C=O) groups excluding carboxylic acids is 1. The molecule has 0 saturated carbocycles. The zero-order valence-electron chi connectivity index (χ0n) is 15.9. The topological polar surface area (TPSA) is 95.1 Å². The standard InChI is InChI=1S/C22H20BrN3O3/c1-28-10-4-9-26-22(27)19(14-25)11-16-7-8-21(20(23)12-16)29-15-18-6-3-2-5-17(18)13-24/h2-3,5-8,11-12H,4,9-10,15H2,1H3,(H,26,27)/b19-11+. The van der Waals surface area contributed by atoms with Gasteiger partial charge >= 0.3 is 0 Å². The number of rotatable bonds is 9. The van der Waals surface area contributed by atoms with Crippen molar-refractivity contribution in [2.75, 3.05) is 20.3 Å². The minimum Gasteiger partial charge on any atom is -0.488 e. The van der Waals surface area contributed by atoms with E-state index in [4.69, 9.17) is 14.7 Å². The minimum absolute atomic E-state index is 0.0194. The summed E-state index contributed by atoms with van der Waals surface area (Å²) in [6.07, 6.45) is 2.19. The van der Waals surface area contributed by atoms with Crippen molar-refractivity contribution < 1.29 is 14.3 Å². The summed E-state index contributed by atoms with van der Waals surface area (Å²) in [5, 5.41) is 21.1. The lowest BCUT2D eigenvalue weighted by molar-refractivity contribution is -0.117. The van der Waals surface area contributed by atoms with Crippen molar-refractivity contribution in [1.82, 2.24) is 5.32 Å². The van der Waals surface area contributed by atoms with Gasteiger partial charge in [-0.15, -0.1) is 0 Å². The van der Waals surface area contributed by atoms with Crippen LogP contribution in [-0.2, 0) is 16.1 Å². The van der Waals surface area contributed by atoms with Crippen LogP contribution in [0.4, 0.5) is 0 Å². The molecule has 1 amide bonds. The molecule has 6 nitrogen and oxygen atoms in total. The lowest BCUT2D eigenvalue weighted by atomic mass is 10.1. The summed E-state index contributed by atoms with van der Waals surface area (Å²) in [5.74, 6) is 0.172. The number of amides is 1. The van der Waals surface area contributed by atoms with E-state index in [-0.39, 0.29) is 12.2 Å². The van der Waals surface area contributed by atoms with E-state index in [0.29, 0.717) is 40.9 Å². The van der Waals surface area contributed by atoms with E-state index >= 15 is 0 Å². The minimum atomic E-state index is -0.423. The molecule has 2 rings (SSSR count). The molecular weight excluding hydrogens is 434 g/mol. The summed E-state index contributed by atoms with van der Waals surface area (Å²) in [5.41, 5.74) is 2.07. The van der Waals surface area contributed by atoms with Crippen molar-refractivity contribution in [3.05, 3.63) is 69.2 Å². The molecule has 2 aromatic rings. The molecule has 2 aromatic carbocycles. The van der Waals surface area contributed by atoms with Gasteiger partial charge in [0.25, 0.3) is 5.91 Å². The smallest absolute Gasteiger partial charge is 0.261 e. The quantitative estimate of drug-likeness (QED) is 0.352. The van der Waals surface area contributed by atoms with Gasteiger partial charge in [-0.2, -0.15) is 10.5 Å². The molecular formula is C22H20BrN3O3. The number of halogens is 1. The molecule has 148 valence electrons. The van der Waals surface area contributed by atoms with Gasteiger partial charge in [0.2, 0.25) is 0 Å². The number of nitriles is 2. The Labute approximate surface area is 178 Å². The Morgan fingerprint density at radius 1 is 1.24 bits per heavy atom. The average molecular weight is 454 g/mol. The van der Waals surface area contributed by atoms with Crippen LogP contribution in [0.25, 0.3) is 6.08 Å². The first kappa shape index (κ1) is 22.2. The first-order valence-corrected chi connectivity index (χ1v) is 9.67. The zero-order valence-corrected chi connectivity index (χ0v) is 17.5. The highest BCUT2D eigenvalue weighted by atomic mass is 79.9. The average Bonchev–Trinajstić information content (AvgIpc) is 2.74. The molecule has 0 aliphatic carbocycles. The molecule has 0 unspecified atom stereocenters. The lowest BCUT2D eigenvalue weighted by Gasteiger charge is -2.10. The van der Waals surface area contributed by atoms with Crippen LogP contribution in [0.3, 0.4) is 0 Å². The molecule has 0 radical (unpaired) electrons. The fourth-order valence-electron chi connectivity index (χ4n) is 2.46. The number of ether oxygens (including phenoxy) is 2. The van der Waals surface area contributed by atoms with E-state index < -0.39 is 5.91 Å². The molecule has 0 bridgehead atoms. The van der Waals surface area contributed by atoms with Crippen molar-refractivity contribution in [2.24, 2.45) is 0 Å². The highest BCUT2D eigenvalue weighted by Crippen LogP contribution is 2.28. The Hall–Kier alpha value is -3.13. The van der Waals surface area contributed by atoms with Gasteiger partial charge in [0.05, 0.1) is 16.1 Å². The van der Waals surface area contributed by atoms with E-state index in [1.807, 2.05) is 18.2 Å². The van der Waals surface area contributed by atoms with Crippen molar-refractivity contribution in [3.8, 4) is 17.9 Å². The van der Waals surface area contributed by atoms with Crippen LogP contribution in [0.1, 0.15) is 23.1 Å². The number of hydrogen-bond donors (Lipinski definition) is 1. The molecule has 7 heteroatoms. The predicted octanol–water partition coefficient (Wildman–Crippen LogP) is 3.96. The Morgan fingerprint density at radius 3 is 2.72 bits per heavy atom. The van der Waals surface area contributed by atoms with E-state index in [0.717, 1.165) is 5.56 Å². The van der Waals surface area contributed by atoms with Gasteiger partial charge in [-0.05, 0) is 52.2 Å². The summed E-state index contributed by atoms with van der Waals surface area (Å²) in [4.78, 5) is 12.1. The number of methoxy groups -OCH3 is 1. The van der Waals surface area contributed by atoms with Gasteiger partial charge in [-0.1, -0.05) is 24.3 Å². The number of carbonyl (C=O) groups is 1. The van der Waals surface area contributed by atoms with Gasteiger partial charge in [0.15, 0.2) is 0 Å². The lowest BCUT2D eigenvalue weighted by Crippen LogP contribution is -2.26. The van der Waals surface area contributed by atoms with Gasteiger partial charge in [0.1, 0.15) is 24.0 Å². The third kappa shape index (κ3) is 6.76. The molecule has 0 aliphatic heterocycles. The van der Waals surface area contributed by atoms with Crippen LogP contribution in [0.15, 0.2) is 52.5 Å². The van der Waals surface area contributed by atoms with Crippen LogP contribution < -0.4 is 10.1 Å². The Balaban J connectivity index is 2.06. The number of nitrogens with zero attached hydrogens (tertiary/aromatic N) is 2. The summed E-state index contributed by atoms with van der Waals surface area (Å²) < 4.78 is 11.4. The largest absolute Gasteiger partial charge is 0.488 e. The SMILES string of the molecule is COCCCNC(=O)/C(C#N)=C/c1ccc(OCc2ccccc2C#N)c(Br)c1. The van der Waals surface area contributed by atoms with Crippen LogP contribution in [0.2, 0.25) is 0 Å². The molecule has 29 heavy (non-hydrogen) atoms. The molecule has 1 N–H and O–H groups in total. The van der Waals surface area contributed by atoms with E-state index in [1.54, 1.807) is 37.4 Å². The van der Waals surface area contributed by atoms with E-state index in [1.165, 1.54) is 6.08 Å². The summed E-state index contributed by atoms with van der Waals surface area (Å²) in [6.45, 7) is 1.23. The highest BCUT2D eigenvalue weighted by molar-refractivity contribution is 9.10. The maximum Gasteiger partial charge on any atom is 0.261 e. The first-order chi connectivity index (χ1) is 14.1.